The number of guanidine groups is 1. The smallest absolute Gasteiger partial charge is 0.309 e. The van der Waals surface area contributed by atoms with Crippen molar-refractivity contribution in [3.8, 4) is 0 Å². The van der Waals surface area contributed by atoms with Crippen LogP contribution in [0.25, 0.3) is 0 Å². The van der Waals surface area contributed by atoms with Crippen LogP contribution in [0.2, 0.25) is 0 Å². The van der Waals surface area contributed by atoms with Crippen molar-refractivity contribution in [3.05, 3.63) is 35.4 Å². The number of esters is 1. The molecule has 2 fully saturated rings. The molecule has 0 spiro atoms. The Hall–Kier alpha value is -1.39. The average molecular weight is 558 g/mol. The molecule has 1 aromatic rings. The molecule has 180 valence electrons. The summed E-state index contributed by atoms with van der Waals surface area (Å²) in [4.78, 5) is 23.7. The van der Waals surface area contributed by atoms with Crippen molar-refractivity contribution in [1.82, 2.24) is 20.0 Å². The molecule has 2 aliphatic heterocycles. The van der Waals surface area contributed by atoms with E-state index in [0.29, 0.717) is 6.61 Å². The maximum absolute atomic E-state index is 11.9. The largest absolute Gasteiger partial charge is 0.466 e. The van der Waals surface area contributed by atoms with Crippen molar-refractivity contribution in [3.63, 3.8) is 0 Å². The van der Waals surface area contributed by atoms with Crippen molar-refractivity contribution in [2.75, 3.05) is 59.5 Å². The third-order valence-corrected chi connectivity index (χ3v) is 6.42. The molecule has 3 rings (SSSR count). The van der Waals surface area contributed by atoms with Crippen LogP contribution < -0.4 is 5.32 Å². The highest BCUT2D eigenvalue weighted by molar-refractivity contribution is 14.0. The van der Waals surface area contributed by atoms with Gasteiger partial charge in [0.1, 0.15) is 0 Å². The second-order valence-electron chi connectivity index (χ2n) is 8.44. The summed E-state index contributed by atoms with van der Waals surface area (Å²) in [7, 11) is 1.82. The molecule has 8 heteroatoms. The molecule has 0 atom stereocenters. The number of hydrogen-bond acceptors (Lipinski definition) is 5. The summed E-state index contributed by atoms with van der Waals surface area (Å²) >= 11 is 0. The number of likely N-dealkylation sites (tertiary alicyclic amines) is 1. The molecule has 2 aliphatic rings. The normalized spacial score (nSPS) is 18.8. The number of hydrogen-bond donors (Lipinski definition) is 1. The number of ether oxygens (including phenoxy) is 1. The van der Waals surface area contributed by atoms with Crippen LogP contribution in [0.5, 0.6) is 0 Å². The van der Waals surface area contributed by atoms with Gasteiger partial charge in [0.05, 0.1) is 12.5 Å². The van der Waals surface area contributed by atoms with E-state index in [-0.39, 0.29) is 35.9 Å². The lowest BCUT2D eigenvalue weighted by Gasteiger charge is -2.34. The zero-order valence-corrected chi connectivity index (χ0v) is 22.2. The number of halogens is 1. The molecular weight excluding hydrogens is 517 g/mol. The standard InChI is InChI=1S/C24H39N5O2.HI/c1-4-27-14-16-28(17-15-27)19-21-8-6-20(7-9-21)18-26-24(25-3)29-12-10-22(11-13-29)23(30)31-5-2;/h6-9,22H,4-5,10-19H2,1-3H3,(H,25,26);1H. The van der Waals surface area contributed by atoms with Crippen LogP contribution >= 0.6 is 24.0 Å². The Bertz CT molecular complexity index is 712. The highest BCUT2D eigenvalue weighted by atomic mass is 127. The molecular formula is C24H40IN5O2. The minimum absolute atomic E-state index is 0. The fourth-order valence-electron chi connectivity index (χ4n) is 4.38. The van der Waals surface area contributed by atoms with Gasteiger partial charge >= 0.3 is 5.97 Å². The molecule has 0 saturated carbocycles. The first kappa shape index (κ1) is 26.9. The number of aliphatic imine (C=N–C) groups is 1. The molecule has 2 saturated heterocycles. The van der Waals surface area contributed by atoms with Crippen LogP contribution in [0, 0.1) is 5.92 Å². The van der Waals surface area contributed by atoms with Crippen LogP contribution in [-0.2, 0) is 22.6 Å². The van der Waals surface area contributed by atoms with Gasteiger partial charge in [-0.25, -0.2) is 0 Å². The van der Waals surface area contributed by atoms with Gasteiger partial charge in [0.15, 0.2) is 5.96 Å². The third kappa shape index (κ3) is 7.88. The van der Waals surface area contributed by atoms with E-state index in [1.807, 2.05) is 14.0 Å². The molecule has 0 amide bonds. The maximum Gasteiger partial charge on any atom is 0.309 e. The highest BCUT2D eigenvalue weighted by Crippen LogP contribution is 2.19. The zero-order chi connectivity index (χ0) is 22.1. The summed E-state index contributed by atoms with van der Waals surface area (Å²) in [5, 5.41) is 3.48. The molecule has 0 aliphatic carbocycles. The van der Waals surface area contributed by atoms with Crippen molar-refractivity contribution in [1.29, 1.82) is 0 Å². The number of benzene rings is 1. The SMILES string of the molecule is CCOC(=O)C1CCN(C(=NC)NCc2ccc(CN3CCN(CC)CC3)cc2)CC1.I. The molecule has 7 nitrogen and oxygen atoms in total. The van der Waals surface area contributed by atoms with Crippen molar-refractivity contribution in [2.24, 2.45) is 10.9 Å². The Morgan fingerprint density at radius 3 is 2.16 bits per heavy atom. The first-order valence-electron chi connectivity index (χ1n) is 11.8. The molecule has 0 unspecified atom stereocenters. The van der Waals surface area contributed by atoms with E-state index in [1.165, 1.54) is 24.2 Å². The number of piperidine rings is 1. The van der Waals surface area contributed by atoms with Crippen molar-refractivity contribution >= 4 is 35.9 Å². The van der Waals surface area contributed by atoms with Crippen LogP contribution in [0.1, 0.15) is 37.8 Å². The predicted octanol–water partition coefficient (Wildman–Crippen LogP) is 2.79. The molecule has 0 bridgehead atoms. The molecule has 0 aromatic heterocycles. The topological polar surface area (TPSA) is 60.4 Å². The lowest BCUT2D eigenvalue weighted by Crippen LogP contribution is -2.46. The number of piperazine rings is 1. The van der Waals surface area contributed by atoms with E-state index in [9.17, 15) is 4.79 Å². The summed E-state index contributed by atoms with van der Waals surface area (Å²) in [6.07, 6.45) is 1.64. The van der Waals surface area contributed by atoms with E-state index in [4.69, 9.17) is 4.74 Å². The van der Waals surface area contributed by atoms with Gasteiger partial charge in [0.25, 0.3) is 0 Å². The monoisotopic (exact) mass is 557 g/mol. The maximum atomic E-state index is 11.9. The number of nitrogens with one attached hydrogen (secondary N) is 1. The Morgan fingerprint density at radius 2 is 1.59 bits per heavy atom. The quantitative estimate of drug-likeness (QED) is 0.241. The summed E-state index contributed by atoms with van der Waals surface area (Å²) in [6.45, 7) is 13.8. The number of carbonyl (C=O) groups is 1. The minimum Gasteiger partial charge on any atom is -0.466 e. The number of carbonyl (C=O) groups excluding carboxylic acids is 1. The number of nitrogens with zero attached hydrogens (tertiary/aromatic N) is 4. The molecule has 32 heavy (non-hydrogen) atoms. The van der Waals surface area contributed by atoms with E-state index in [0.717, 1.165) is 64.6 Å². The summed E-state index contributed by atoms with van der Waals surface area (Å²) in [6, 6.07) is 8.92. The van der Waals surface area contributed by atoms with Crippen LogP contribution in [0.15, 0.2) is 29.3 Å². The van der Waals surface area contributed by atoms with Crippen LogP contribution in [-0.4, -0.2) is 86.1 Å². The molecule has 1 aromatic carbocycles. The second kappa shape index (κ2) is 14.0. The average Bonchev–Trinajstić information content (AvgIpc) is 2.81. The first-order valence-corrected chi connectivity index (χ1v) is 11.8. The lowest BCUT2D eigenvalue weighted by molar-refractivity contribution is -0.149. The van der Waals surface area contributed by atoms with Gasteiger partial charge in [0, 0.05) is 59.4 Å². The van der Waals surface area contributed by atoms with Crippen molar-refractivity contribution < 1.29 is 9.53 Å². The van der Waals surface area contributed by atoms with Gasteiger partial charge in [-0.15, -0.1) is 24.0 Å². The molecule has 0 radical (unpaired) electrons. The fourth-order valence-corrected chi connectivity index (χ4v) is 4.38. The zero-order valence-electron chi connectivity index (χ0n) is 19.9. The van der Waals surface area contributed by atoms with E-state index in [1.54, 1.807) is 0 Å². The summed E-state index contributed by atoms with van der Waals surface area (Å²) in [5.74, 6) is 0.865. The second-order valence-corrected chi connectivity index (χ2v) is 8.44. The van der Waals surface area contributed by atoms with Crippen LogP contribution in [0.4, 0.5) is 0 Å². The van der Waals surface area contributed by atoms with Gasteiger partial charge in [-0.05, 0) is 37.4 Å². The Kier molecular flexibility index (Phi) is 11.7. The van der Waals surface area contributed by atoms with Gasteiger partial charge < -0.3 is 19.9 Å². The van der Waals surface area contributed by atoms with E-state index < -0.39 is 0 Å². The predicted molar refractivity (Wildman–Crippen MR) is 140 cm³/mol. The van der Waals surface area contributed by atoms with Crippen LogP contribution in [0.3, 0.4) is 0 Å². The summed E-state index contributed by atoms with van der Waals surface area (Å²) < 4.78 is 5.17. The minimum atomic E-state index is -0.0579. The van der Waals surface area contributed by atoms with Gasteiger partial charge in [-0.1, -0.05) is 31.2 Å². The summed E-state index contributed by atoms with van der Waals surface area (Å²) in [5.41, 5.74) is 2.63. The lowest BCUT2D eigenvalue weighted by atomic mass is 9.97. The van der Waals surface area contributed by atoms with E-state index in [2.05, 4.69) is 56.2 Å². The van der Waals surface area contributed by atoms with Gasteiger partial charge in [-0.2, -0.15) is 0 Å². The van der Waals surface area contributed by atoms with Gasteiger partial charge in [-0.3, -0.25) is 14.7 Å². The molecule has 2 heterocycles. The van der Waals surface area contributed by atoms with Crippen molar-refractivity contribution in [2.45, 2.75) is 39.8 Å². The Balaban J connectivity index is 0.00000363. The number of rotatable bonds is 7. The highest BCUT2D eigenvalue weighted by Gasteiger charge is 2.27. The van der Waals surface area contributed by atoms with Gasteiger partial charge in [0.2, 0.25) is 0 Å². The Labute approximate surface area is 210 Å². The number of likely N-dealkylation sites (N-methyl/N-ethyl adjacent to an activating group) is 1. The fraction of sp³-hybridized carbons (Fsp3) is 0.667. The van der Waals surface area contributed by atoms with E-state index >= 15 is 0 Å². The Morgan fingerprint density at radius 1 is 1.00 bits per heavy atom. The molecule has 1 N–H and O–H groups in total. The first-order chi connectivity index (χ1) is 15.1. The third-order valence-electron chi connectivity index (χ3n) is 6.42.